The Morgan fingerprint density at radius 1 is 1.14 bits per heavy atom. The van der Waals surface area contributed by atoms with Crippen LogP contribution in [-0.2, 0) is 4.74 Å². The molecular formula is C12H27NO. The number of unbranched alkanes of at least 4 members (excludes halogenated alkanes) is 1. The molecule has 0 aliphatic carbocycles. The summed E-state index contributed by atoms with van der Waals surface area (Å²) >= 11 is 0. The maximum atomic E-state index is 5.87. The lowest BCUT2D eigenvalue weighted by atomic mass is 10.0. The van der Waals surface area contributed by atoms with Gasteiger partial charge < -0.3 is 10.1 Å². The molecule has 0 aromatic carbocycles. The van der Waals surface area contributed by atoms with Crippen molar-refractivity contribution in [3.05, 3.63) is 0 Å². The zero-order valence-electron chi connectivity index (χ0n) is 10.3. The zero-order valence-corrected chi connectivity index (χ0v) is 10.3. The molecule has 0 spiro atoms. The quantitative estimate of drug-likeness (QED) is 0.579. The molecule has 0 rings (SSSR count). The van der Waals surface area contributed by atoms with Gasteiger partial charge in [0.15, 0.2) is 0 Å². The molecule has 0 heterocycles. The fraction of sp³-hybridized carbons (Fsp3) is 1.00. The summed E-state index contributed by atoms with van der Waals surface area (Å²) in [5.41, 5.74) is 0. The largest absolute Gasteiger partial charge is 0.377 e. The van der Waals surface area contributed by atoms with Crippen molar-refractivity contribution in [3.8, 4) is 0 Å². The third-order valence-corrected chi connectivity index (χ3v) is 2.65. The molecule has 2 atom stereocenters. The Morgan fingerprint density at radius 3 is 2.29 bits per heavy atom. The molecular weight excluding hydrogens is 174 g/mol. The molecule has 0 bridgehead atoms. The van der Waals surface area contributed by atoms with Crippen LogP contribution in [0.5, 0.6) is 0 Å². The SMILES string of the molecule is CCCCOC(CC)C(CCC)NC. The molecule has 0 aromatic heterocycles. The Hall–Kier alpha value is -0.0800. The minimum absolute atomic E-state index is 0.395. The number of rotatable bonds is 9. The van der Waals surface area contributed by atoms with Gasteiger partial charge in [-0.15, -0.1) is 0 Å². The molecule has 2 unspecified atom stereocenters. The summed E-state index contributed by atoms with van der Waals surface area (Å²) in [6.45, 7) is 7.54. The van der Waals surface area contributed by atoms with Crippen molar-refractivity contribution >= 4 is 0 Å². The summed E-state index contributed by atoms with van der Waals surface area (Å²) in [6, 6.07) is 0.529. The van der Waals surface area contributed by atoms with Gasteiger partial charge in [0.25, 0.3) is 0 Å². The first-order chi connectivity index (χ1) is 6.79. The Bertz CT molecular complexity index is 117. The summed E-state index contributed by atoms with van der Waals surface area (Å²) in [4.78, 5) is 0. The molecule has 0 fully saturated rings. The number of nitrogens with one attached hydrogen (secondary N) is 1. The van der Waals surface area contributed by atoms with Crippen molar-refractivity contribution in [1.29, 1.82) is 0 Å². The van der Waals surface area contributed by atoms with E-state index < -0.39 is 0 Å². The van der Waals surface area contributed by atoms with Gasteiger partial charge in [0.1, 0.15) is 0 Å². The number of ether oxygens (including phenoxy) is 1. The van der Waals surface area contributed by atoms with Crippen LogP contribution in [0.3, 0.4) is 0 Å². The van der Waals surface area contributed by atoms with Crippen molar-refractivity contribution < 1.29 is 4.74 Å². The van der Waals surface area contributed by atoms with E-state index in [1.165, 1.54) is 25.7 Å². The Labute approximate surface area is 89.4 Å². The predicted molar refractivity (Wildman–Crippen MR) is 62.7 cm³/mol. The average Bonchev–Trinajstić information content (AvgIpc) is 2.22. The van der Waals surface area contributed by atoms with Crippen LogP contribution in [0.2, 0.25) is 0 Å². The van der Waals surface area contributed by atoms with E-state index in [1.807, 2.05) is 7.05 Å². The van der Waals surface area contributed by atoms with Crippen LogP contribution in [0.25, 0.3) is 0 Å². The van der Waals surface area contributed by atoms with E-state index in [2.05, 4.69) is 26.1 Å². The molecule has 14 heavy (non-hydrogen) atoms. The molecule has 0 aliphatic heterocycles. The van der Waals surface area contributed by atoms with Gasteiger partial charge in [-0.3, -0.25) is 0 Å². The number of hydrogen-bond donors (Lipinski definition) is 1. The highest BCUT2D eigenvalue weighted by Gasteiger charge is 2.17. The van der Waals surface area contributed by atoms with Crippen molar-refractivity contribution in [2.75, 3.05) is 13.7 Å². The predicted octanol–water partition coefficient (Wildman–Crippen LogP) is 2.97. The molecule has 0 saturated carbocycles. The average molecular weight is 201 g/mol. The van der Waals surface area contributed by atoms with Crippen molar-refractivity contribution in [3.63, 3.8) is 0 Å². The van der Waals surface area contributed by atoms with E-state index in [-0.39, 0.29) is 0 Å². The van der Waals surface area contributed by atoms with Crippen molar-refractivity contribution in [1.82, 2.24) is 5.32 Å². The molecule has 0 saturated heterocycles. The van der Waals surface area contributed by atoms with Gasteiger partial charge in [-0.25, -0.2) is 0 Å². The Kier molecular flexibility index (Phi) is 9.42. The van der Waals surface area contributed by atoms with Gasteiger partial charge >= 0.3 is 0 Å². The lowest BCUT2D eigenvalue weighted by Crippen LogP contribution is -2.39. The van der Waals surface area contributed by atoms with Crippen molar-refractivity contribution in [2.24, 2.45) is 0 Å². The van der Waals surface area contributed by atoms with E-state index >= 15 is 0 Å². The minimum atomic E-state index is 0.395. The maximum absolute atomic E-state index is 5.87. The van der Waals surface area contributed by atoms with E-state index in [0.29, 0.717) is 12.1 Å². The van der Waals surface area contributed by atoms with Crippen LogP contribution in [0.4, 0.5) is 0 Å². The zero-order chi connectivity index (χ0) is 10.8. The van der Waals surface area contributed by atoms with Crippen LogP contribution in [0.1, 0.15) is 52.9 Å². The second-order valence-electron chi connectivity index (χ2n) is 3.85. The standard InChI is InChI=1S/C12H27NO/c1-5-8-10-14-12(7-3)11(13-4)9-6-2/h11-13H,5-10H2,1-4H3. The molecule has 0 aliphatic rings. The van der Waals surface area contributed by atoms with Gasteiger partial charge in [0, 0.05) is 12.6 Å². The normalized spacial score (nSPS) is 15.4. The third kappa shape index (κ3) is 5.61. The summed E-state index contributed by atoms with van der Waals surface area (Å²) in [5, 5.41) is 3.36. The van der Waals surface area contributed by atoms with Crippen LogP contribution in [0.15, 0.2) is 0 Å². The van der Waals surface area contributed by atoms with Gasteiger partial charge in [0.2, 0.25) is 0 Å². The summed E-state index contributed by atoms with van der Waals surface area (Å²) in [5.74, 6) is 0. The van der Waals surface area contributed by atoms with Gasteiger partial charge in [-0.05, 0) is 26.3 Å². The maximum Gasteiger partial charge on any atom is 0.0725 e. The molecule has 86 valence electrons. The lowest BCUT2D eigenvalue weighted by Gasteiger charge is -2.25. The monoisotopic (exact) mass is 201 g/mol. The number of likely N-dealkylation sites (N-methyl/N-ethyl adjacent to an activating group) is 1. The van der Waals surface area contributed by atoms with Gasteiger partial charge in [-0.2, -0.15) is 0 Å². The van der Waals surface area contributed by atoms with Crippen molar-refractivity contribution in [2.45, 2.75) is 65.0 Å². The Morgan fingerprint density at radius 2 is 1.86 bits per heavy atom. The van der Waals surface area contributed by atoms with E-state index in [0.717, 1.165) is 13.0 Å². The fourth-order valence-corrected chi connectivity index (χ4v) is 1.72. The van der Waals surface area contributed by atoms with E-state index in [1.54, 1.807) is 0 Å². The number of hydrogen-bond acceptors (Lipinski definition) is 2. The second-order valence-corrected chi connectivity index (χ2v) is 3.85. The highest BCUT2D eigenvalue weighted by molar-refractivity contribution is 4.74. The van der Waals surface area contributed by atoms with E-state index in [4.69, 9.17) is 4.74 Å². The smallest absolute Gasteiger partial charge is 0.0725 e. The van der Waals surface area contributed by atoms with Gasteiger partial charge in [-0.1, -0.05) is 33.6 Å². The highest BCUT2D eigenvalue weighted by Crippen LogP contribution is 2.10. The molecule has 2 nitrogen and oxygen atoms in total. The van der Waals surface area contributed by atoms with Crippen LogP contribution in [0, 0.1) is 0 Å². The molecule has 0 amide bonds. The second kappa shape index (κ2) is 9.47. The van der Waals surface area contributed by atoms with Gasteiger partial charge in [0.05, 0.1) is 6.10 Å². The highest BCUT2D eigenvalue weighted by atomic mass is 16.5. The van der Waals surface area contributed by atoms with Crippen LogP contribution in [-0.4, -0.2) is 25.8 Å². The van der Waals surface area contributed by atoms with Crippen LogP contribution < -0.4 is 5.32 Å². The third-order valence-electron chi connectivity index (χ3n) is 2.65. The molecule has 2 heteroatoms. The first kappa shape index (κ1) is 13.9. The molecule has 0 aromatic rings. The van der Waals surface area contributed by atoms with Crippen LogP contribution >= 0.6 is 0 Å². The summed E-state index contributed by atoms with van der Waals surface area (Å²) in [6.07, 6.45) is 6.33. The summed E-state index contributed by atoms with van der Waals surface area (Å²) < 4.78 is 5.87. The topological polar surface area (TPSA) is 21.3 Å². The van der Waals surface area contributed by atoms with E-state index in [9.17, 15) is 0 Å². The lowest BCUT2D eigenvalue weighted by molar-refractivity contribution is 0.0219. The minimum Gasteiger partial charge on any atom is -0.377 e. The first-order valence-electron chi connectivity index (χ1n) is 6.08. The Balaban J connectivity index is 3.81. The summed E-state index contributed by atoms with van der Waals surface area (Å²) in [7, 11) is 2.03. The fourth-order valence-electron chi connectivity index (χ4n) is 1.72. The molecule has 1 N–H and O–H groups in total. The molecule has 0 radical (unpaired) electrons. The first-order valence-corrected chi connectivity index (χ1v) is 6.08.